The Morgan fingerprint density at radius 3 is 2.81 bits per heavy atom. The smallest absolute Gasteiger partial charge is 0.354 e. The number of halogens is 2. The van der Waals surface area contributed by atoms with Crippen LogP contribution in [0.25, 0.3) is 11.4 Å². The normalized spacial score (nSPS) is 19.2. The number of anilines is 1. The summed E-state index contributed by atoms with van der Waals surface area (Å²) in [5, 5.41) is 12.2. The second kappa shape index (κ2) is 10.0. The van der Waals surface area contributed by atoms with Gasteiger partial charge in [0.15, 0.2) is 0 Å². The topological polar surface area (TPSA) is 121 Å². The van der Waals surface area contributed by atoms with Crippen LogP contribution in [0.5, 0.6) is 6.01 Å². The maximum absolute atomic E-state index is 14.6. The van der Waals surface area contributed by atoms with E-state index < -0.39 is 24.4 Å². The first kappa shape index (κ1) is 25.0. The first-order chi connectivity index (χ1) is 17.8. The Morgan fingerprint density at radius 1 is 1.27 bits per heavy atom. The van der Waals surface area contributed by atoms with E-state index in [1.165, 1.54) is 7.11 Å². The lowest BCUT2D eigenvalue weighted by Gasteiger charge is -2.39. The number of hydrogen-bond acceptors (Lipinski definition) is 10. The Balaban J connectivity index is 1.36. The summed E-state index contributed by atoms with van der Waals surface area (Å²) in [5.41, 5.74) is 2.98. The average molecular weight is 518 g/mol. The van der Waals surface area contributed by atoms with E-state index in [1.54, 1.807) is 28.8 Å². The number of rotatable bonds is 9. The van der Waals surface area contributed by atoms with Crippen LogP contribution in [0.4, 0.5) is 14.5 Å². The highest BCUT2D eigenvalue weighted by Gasteiger charge is 2.41. The highest BCUT2D eigenvalue weighted by molar-refractivity contribution is 5.70. The molecule has 2 fully saturated rings. The summed E-state index contributed by atoms with van der Waals surface area (Å²) < 4.78 is 46.4. The van der Waals surface area contributed by atoms with Crippen molar-refractivity contribution in [2.75, 3.05) is 25.1 Å². The molecule has 0 amide bonds. The molecule has 1 saturated carbocycles. The summed E-state index contributed by atoms with van der Waals surface area (Å²) in [7, 11) is 3.01. The van der Waals surface area contributed by atoms with Crippen molar-refractivity contribution in [2.24, 2.45) is 13.0 Å². The lowest BCUT2D eigenvalue weighted by atomic mass is 9.91. The molecule has 11 nitrogen and oxygen atoms in total. The van der Waals surface area contributed by atoms with Crippen LogP contribution in [0.2, 0.25) is 0 Å². The number of piperidine rings is 1. The molecule has 2 aliphatic rings. The molecule has 0 unspecified atom stereocenters. The monoisotopic (exact) mass is 517 g/mol. The molecular formula is C24H29F2N7O4. The zero-order valence-electron chi connectivity index (χ0n) is 21.0. The summed E-state index contributed by atoms with van der Waals surface area (Å²) in [6, 6.07) is 3.67. The van der Waals surface area contributed by atoms with Crippen LogP contribution in [0, 0.1) is 5.92 Å². The number of methoxy groups -OCH3 is 1. The number of carbonyl (C=O) groups is 1. The van der Waals surface area contributed by atoms with Gasteiger partial charge in [0.1, 0.15) is 18.0 Å². The van der Waals surface area contributed by atoms with E-state index in [9.17, 15) is 13.6 Å². The minimum Gasteiger partial charge on any atom is -0.469 e. The number of aromatic nitrogens is 6. The molecule has 198 valence electrons. The maximum Gasteiger partial charge on any atom is 0.354 e. The van der Waals surface area contributed by atoms with Gasteiger partial charge in [0.05, 0.1) is 37.2 Å². The molecule has 0 radical (unpaired) electrons. The molecule has 1 aliphatic carbocycles. The van der Waals surface area contributed by atoms with Crippen molar-refractivity contribution >= 4 is 11.7 Å². The minimum atomic E-state index is -2.93. The third-order valence-electron chi connectivity index (χ3n) is 6.67. The number of pyridine rings is 1. The molecule has 0 spiro atoms. The Bertz CT molecular complexity index is 1270. The number of hydrogen-bond donors (Lipinski definition) is 0. The molecular weight excluding hydrogens is 488 g/mol. The SMILES string of the molecule is CCc1nc(-c2nnn(C)c2COc2noc(C3CC3)n2)ccc1N1C[C@H](CC(=O)OC)CC(F)(F)C1. The van der Waals surface area contributed by atoms with Crippen molar-refractivity contribution in [3.63, 3.8) is 0 Å². The van der Waals surface area contributed by atoms with Gasteiger partial charge in [0.2, 0.25) is 5.89 Å². The van der Waals surface area contributed by atoms with Crippen molar-refractivity contribution in [3.8, 4) is 17.4 Å². The van der Waals surface area contributed by atoms with E-state index in [0.29, 0.717) is 53.2 Å². The molecule has 4 heterocycles. The number of ether oxygens (including phenoxy) is 2. The van der Waals surface area contributed by atoms with Gasteiger partial charge in [-0.3, -0.25) is 4.79 Å². The summed E-state index contributed by atoms with van der Waals surface area (Å²) in [5.74, 6) is -3.03. The van der Waals surface area contributed by atoms with E-state index in [0.717, 1.165) is 12.8 Å². The zero-order valence-corrected chi connectivity index (χ0v) is 21.0. The second-order valence-corrected chi connectivity index (χ2v) is 9.59. The van der Waals surface area contributed by atoms with Crippen LogP contribution >= 0.6 is 0 Å². The van der Waals surface area contributed by atoms with Gasteiger partial charge in [-0.2, -0.15) is 4.98 Å². The minimum absolute atomic E-state index is 0.0545. The molecule has 1 aliphatic heterocycles. The predicted molar refractivity (Wildman–Crippen MR) is 126 cm³/mol. The number of alkyl halides is 2. The van der Waals surface area contributed by atoms with Gasteiger partial charge in [-0.25, -0.2) is 18.4 Å². The summed E-state index contributed by atoms with van der Waals surface area (Å²) >= 11 is 0. The fraction of sp³-hybridized carbons (Fsp3) is 0.583. The van der Waals surface area contributed by atoms with E-state index in [1.807, 2.05) is 6.92 Å². The van der Waals surface area contributed by atoms with Crippen LogP contribution in [0.15, 0.2) is 16.7 Å². The van der Waals surface area contributed by atoms with Gasteiger partial charge in [0.25, 0.3) is 5.92 Å². The average Bonchev–Trinajstić information content (AvgIpc) is 3.50. The van der Waals surface area contributed by atoms with Gasteiger partial charge in [0, 0.05) is 25.9 Å². The Morgan fingerprint density at radius 2 is 2.08 bits per heavy atom. The molecule has 3 aromatic rings. The van der Waals surface area contributed by atoms with Crippen molar-refractivity contribution in [3.05, 3.63) is 29.4 Å². The highest BCUT2D eigenvalue weighted by atomic mass is 19.3. The molecule has 0 aromatic carbocycles. The molecule has 1 atom stereocenters. The fourth-order valence-electron chi connectivity index (χ4n) is 4.67. The fourth-order valence-corrected chi connectivity index (χ4v) is 4.67. The largest absolute Gasteiger partial charge is 0.469 e. The lowest BCUT2D eigenvalue weighted by Crippen LogP contribution is -2.48. The van der Waals surface area contributed by atoms with Gasteiger partial charge >= 0.3 is 12.0 Å². The van der Waals surface area contributed by atoms with Gasteiger partial charge in [-0.1, -0.05) is 12.1 Å². The summed E-state index contributed by atoms with van der Waals surface area (Å²) in [4.78, 5) is 22.4. The van der Waals surface area contributed by atoms with Crippen molar-refractivity contribution < 1.29 is 27.6 Å². The van der Waals surface area contributed by atoms with E-state index in [2.05, 4.69) is 20.5 Å². The molecule has 0 N–H and O–H groups in total. The first-order valence-corrected chi connectivity index (χ1v) is 12.3. The number of esters is 1. The van der Waals surface area contributed by atoms with Crippen LogP contribution in [-0.4, -0.2) is 62.2 Å². The van der Waals surface area contributed by atoms with Crippen molar-refractivity contribution in [2.45, 2.75) is 57.5 Å². The van der Waals surface area contributed by atoms with Gasteiger partial charge in [-0.15, -0.1) is 5.10 Å². The molecule has 3 aromatic heterocycles. The standard InChI is InChI=1S/C24H29F2N7O4/c1-4-16-18(33-11-14(9-20(34)35-3)10-24(25,26)13-33)8-7-17(27-16)21-19(32(2)31-29-21)12-36-23-28-22(37-30-23)15-5-6-15/h7-8,14-15H,4-6,9-13H2,1-3H3/t14-/m1/s1. The van der Waals surface area contributed by atoms with Crippen molar-refractivity contribution in [1.82, 2.24) is 30.1 Å². The molecule has 13 heteroatoms. The number of aryl methyl sites for hydroxylation is 2. The Labute approximate surface area is 212 Å². The summed E-state index contributed by atoms with van der Waals surface area (Å²) in [6.45, 7) is 1.89. The highest BCUT2D eigenvalue weighted by Crippen LogP contribution is 2.39. The van der Waals surface area contributed by atoms with Crippen LogP contribution in [0.3, 0.4) is 0 Å². The number of nitrogens with zero attached hydrogens (tertiary/aromatic N) is 7. The maximum atomic E-state index is 14.6. The molecule has 5 rings (SSSR count). The Hall–Kier alpha value is -3.64. The van der Waals surface area contributed by atoms with Gasteiger partial charge in [-0.05, 0) is 42.5 Å². The molecule has 1 saturated heterocycles. The third kappa shape index (κ3) is 5.54. The van der Waals surface area contributed by atoms with Gasteiger partial charge < -0.3 is 18.9 Å². The van der Waals surface area contributed by atoms with Crippen LogP contribution in [-0.2, 0) is 29.6 Å². The van der Waals surface area contributed by atoms with E-state index in [4.69, 9.17) is 19.0 Å². The van der Waals surface area contributed by atoms with E-state index >= 15 is 0 Å². The predicted octanol–water partition coefficient (Wildman–Crippen LogP) is 3.30. The summed E-state index contributed by atoms with van der Waals surface area (Å²) in [6.07, 6.45) is 2.20. The molecule has 37 heavy (non-hydrogen) atoms. The lowest BCUT2D eigenvalue weighted by molar-refractivity contribution is -0.142. The first-order valence-electron chi connectivity index (χ1n) is 12.3. The quantitative estimate of drug-likeness (QED) is 0.391. The molecule has 0 bridgehead atoms. The number of carbonyl (C=O) groups excluding carboxylic acids is 1. The van der Waals surface area contributed by atoms with Crippen molar-refractivity contribution in [1.29, 1.82) is 0 Å². The van der Waals surface area contributed by atoms with E-state index in [-0.39, 0.29) is 25.5 Å². The second-order valence-electron chi connectivity index (χ2n) is 9.59. The zero-order chi connectivity index (χ0) is 26.2. The van der Waals surface area contributed by atoms with Crippen LogP contribution < -0.4 is 9.64 Å². The van der Waals surface area contributed by atoms with Crippen LogP contribution in [0.1, 0.15) is 55.8 Å². The Kier molecular flexibility index (Phi) is 6.78. The third-order valence-corrected chi connectivity index (χ3v) is 6.67.